The molecule has 0 radical (unpaired) electrons. The quantitative estimate of drug-likeness (QED) is 0.555. The van der Waals surface area contributed by atoms with Gasteiger partial charge in [0.25, 0.3) is 0 Å². The highest BCUT2D eigenvalue weighted by Crippen LogP contribution is 2.00. The molecule has 0 aliphatic rings. The summed E-state index contributed by atoms with van der Waals surface area (Å²) >= 11 is 1.54. The number of hydrogen-bond donors (Lipinski definition) is 4. The van der Waals surface area contributed by atoms with E-state index in [1.807, 2.05) is 6.26 Å². The number of carboxylic acids is 1. The first-order chi connectivity index (χ1) is 9.13. The zero-order valence-electron chi connectivity index (χ0n) is 10.7. The van der Waals surface area contributed by atoms with Crippen LogP contribution in [0.1, 0.15) is 12.2 Å². The van der Waals surface area contributed by atoms with Gasteiger partial charge in [0.15, 0.2) is 0 Å². The van der Waals surface area contributed by atoms with Gasteiger partial charge in [-0.3, -0.25) is 0 Å². The maximum atomic E-state index is 11.5. The second kappa shape index (κ2) is 8.41. The third-order valence-electron chi connectivity index (χ3n) is 2.42. The summed E-state index contributed by atoms with van der Waals surface area (Å²) in [6, 6.07) is -1.32. The molecule has 1 aromatic heterocycles. The third-order valence-corrected chi connectivity index (χ3v) is 3.06. The predicted molar refractivity (Wildman–Crippen MR) is 73.2 cm³/mol. The first-order valence-corrected chi connectivity index (χ1v) is 7.27. The van der Waals surface area contributed by atoms with Gasteiger partial charge >= 0.3 is 12.0 Å². The van der Waals surface area contributed by atoms with E-state index in [1.54, 1.807) is 24.2 Å². The second-order valence-electron chi connectivity index (χ2n) is 3.86. The molecule has 19 heavy (non-hydrogen) atoms. The van der Waals surface area contributed by atoms with E-state index < -0.39 is 18.0 Å². The minimum atomic E-state index is -1.02. The molecule has 1 heterocycles. The number of imidazole rings is 1. The minimum Gasteiger partial charge on any atom is -0.480 e. The molecule has 4 N–H and O–H groups in total. The molecular formula is C11H18N4O3S. The van der Waals surface area contributed by atoms with Gasteiger partial charge in [0, 0.05) is 25.4 Å². The Labute approximate surface area is 115 Å². The molecule has 0 aromatic carbocycles. The number of amides is 2. The van der Waals surface area contributed by atoms with Crippen LogP contribution in [0.2, 0.25) is 0 Å². The predicted octanol–water partition coefficient (Wildman–Crippen LogP) is 0.458. The van der Waals surface area contributed by atoms with Gasteiger partial charge in [0.2, 0.25) is 0 Å². The van der Waals surface area contributed by atoms with Gasteiger partial charge in [0.1, 0.15) is 11.9 Å². The number of nitrogens with one attached hydrogen (secondary N) is 3. The maximum Gasteiger partial charge on any atom is 0.326 e. The average molecular weight is 286 g/mol. The van der Waals surface area contributed by atoms with E-state index in [0.29, 0.717) is 25.1 Å². The number of urea groups is 1. The molecule has 0 fully saturated rings. The van der Waals surface area contributed by atoms with E-state index >= 15 is 0 Å². The summed E-state index contributed by atoms with van der Waals surface area (Å²) in [7, 11) is 0. The third kappa shape index (κ3) is 6.14. The van der Waals surface area contributed by atoms with Gasteiger partial charge in [-0.1, -0.05) is 0 Å². The first kappa shape index (κ1) is 15.4. The van der Waals surface area contributed by atoms with Crippen molar-refractivity contribution in [2.24, 2.45) is 0 Å². The molecule has 1 aromatic rings. The summed E-state index contributed by atoms with van der Waals surface area (Å²) < 4.78 is 0. The molecule has 0 bridgehead atoms. The Hall–Kier alpha value is -1.70. The number of carbonyl (C=O) groups excluding carboxylic acids is 1. The number of rotatable bonds is 8. The van der Waals surface area contributed by atoms with E-state index in [1.165, 1.54) is 0 Å². The standard InChI is InChI=1S/C11H18N4O3S/c1-19-7-3-8(10(16)17)15-11(18)14-4-2-9-12-5-6-13-9/h5-6,8H,2-4,7H2,1H3,(H,12,13)(H,16,17)(H2,14,15,18)/t8-/m1/s1. The number of aromatic nitrogens is 2. The van der Waals surface area contributed by atoms with Crippen molar-refractivity contribution >= 4 is 23.8 Å². The Kier molecular flexibility index (Phi) is 6.80. The van der Waals surface area contributed by atoms with Crippen molar-refractivity contribution in [3.05, 3.63) is 18.2 Å². The van der Waals surface area contributed by atoms with Gasteiger partial charge in [-0.2, -0.15) is 11.8 Å². The second-order valence-corrected chi connectivity index (χ2v) is 4.84. The van der Waals surface area contributed by atoms with Crippen LogP contribution in [0.25, 0.3) is 0 Å². The lowest BCUT2D eigenvalue weighted by Gasteiger charge is -2.14. The van der Waals surface area contributed by atoms with Crippen LogP contribution < -0.4 is 10.6 Å². The molecule has 0 saturated carbocycles. The van der Waals surface area contributed by atoms with Crippen LogP contribution in [-0.4, -0.2) is 51.7 Å². The van der Waals surface area contributed by atoms with Crippen LogP contribution in [0.3, 0.4) is 0 Å². The van der Waals surface area contributed by atoms with Crippen LogP contribution in [0, 0.1) is 0 Å². The normalized spacial score (nSPS) is 11.8. The first-order valence-electron chi connectivity index (χ1n) is 5.88. The Bertz CT molecular complexity index is 397. The fourth-order valence-corrected chi connectivity index (χ4v) is 1.90. The Morgan fingerprint density at radius 3 is 2.95 bits per heavy atom. The van der Waals surface area contributed by atoms with Crippen molar-refractivity contribution in [2.75, 3.05) is 18.6 Å². The lowest BCUT2D eigenvalue weighted by molar-refractivity contribution is -0.139. The van der Waals surface area contributed by atoms with E-state index in [9.17, 15) is 9.59 Å². The summed E-state index contributed by atoms with van der Waals surface area (Å²) in [6.07, 6.45) is 6.21. The summed E-state index contributed by atoms with van der Waals surface area (Å²) in [5, 5.41) is 14.0. The number of aliphatic carboxylic acids is 1. The molecule has 1 atom stereocenters. The smallest absolute Gasteiger partial charge is 0.326 e. The van der Waals surface area contributed by atoms with Crippen molar-refractivity contribution in [2.45, 2.75) is 18.9 Å². The average Bonchev–Trinajstić information content (AvgIpc) is 2.87. The Morgan fingerprint density at radius 1 is 1.58 bits per heavy atom. The van der Waals surface area contributed by atoms with E-state index in [-0.39, 0.29) is 0 Å². The van der Waals surface area contributed by atoms with Crippen molar-refractivity contribution < 1.29 is 14.7 Å². The van der Waals surface area contributed by atoms with Crippen LogP contribution in [0.5, 0.6) is 0 Å². The molecule has 0 aliphatic heterocycles. The van der Waals surface area contributed by atoms with Crippen molar-refractivity contribution in [3.63, 3.8) is 0 Å². The summed E-state index contributed by atoms with van der Waals surface area (Å²) in [5.41, 5.74) is 0. The fraction of sp³-hybridized carbons (Fsp3) is 0.545. The number of carboxylic acid groups (broad SMARTS) is 1. The largest absolute Gasteiger partial charge is 0.480 e. The van der Waals surface area contributed by atoms with Crippen LogP contribution >= 0.6 is 11.8 Å². The highest BCUT2D eigenvalue weighted by molar-refractivity contribution is 7.98. The Morgan fingerprint density at radius 2 is 2.37 bits per heavy atom. The topological polar surface area (TPSA) is 107 Å². The zero-order chi connectivity index (χ0) is 14.1. The molecule has 0 spiro atoms. The number of nitrogens with zero attached hydrogens (tertiary/aromatic N) is 1. The summed E-state index contributed by atoms with van der Waals surface area (Å²) in [5.74, 6) is 0.441. The van der Waals surface area contributed by atoms with Crippen molar-refractivity contribution in [3.8, 4) is 0 Å². The number of carbonyl (C=O) groups is 2. The van der Waals surface area contributed by atoms with Crippen LogP contribution in [0.15, 0.2) is 12.4 Å². The van der Waals surface area contributed by atoms with Gasteiger partial charge in [-0.15, -0.1) is 0 Å². The van der Waals surface area contributed by atoms with Gasteiger partial charge in [-0.25, -0.2) is 14.6 Å². The fourth-order valence-electron chi connectivity index (χ4n) is 1.43. The molecule has 0 unspecified atom stereocenters. The number of hydrogen-bond acceptors (Lipinski definition) is 4. The molecule has 7 nitrogen and oxygen atoms in total. The van der Waals surface area contributed by atoms with Gasteiger partial charge < -0.3 is 20.7 Å². The minimum absolute atomic E-state index is 0.397. The molecule has 0 aliphatic carbocycles. The Balaban J connectivity index is 2.25. The number of aromatic amines is 1. The molecule has 8 heteroatoms. The monoisotopic (exact) mass is 286 g/mol. The molecule has 2 amide bonds. The number of H-pyrrole nitrogens is 1. The zero-order valence-corrected chi connectivity index (χ0v) is 11.5. The SMILES string of the molecule is CSCC[C@@H](NC(=O)NCCc1ncc[nH]1)C(=O)O. The summed E-state index contributed by atoms with van der Waals surface area (Å²) in [6.45, 7) is 0.397. The molecular weight excluding hydrogens is 268 g/mol. The van der Waals surface area contributed by atoms with E-state index in [4.69, 9.17) is 5.11 Å². The molecule has 0 saturated heterocycles. The van der Waals surface area contributed by atoms with Gasteiger partial charge in [0.05, 0.1) is 0 Å². The lowest BCUT2D eigenvalue weighted by atomic mass is 10.2. The molecule has 1 rings (SSSR count). The number of thioether (sulfide) groups is 1. The van der Waals surface area contributed by atoms with Crippen molar-refractivity contribution in [1.82, 2.24) is 20.6 Å². The lowest BCUT2D eigenvalue weighted by Crippen LogP contribution is -2.46. The highest BCUT2D eigenvalue weighted by Gasteiger charge is 2.18. The highest BCUT2D eigenvalue weighted by atomic mass is 32.2. The van der Waals surface area contributed by atoms with E-state index in [0.717, 1.165) is 5.82 Å². The van der Waals surface area contributed by atoms with Gasteiger partial charge in [-0.05, 0) is 18.4 Å². The maximum absolute atomic E-state index is 11.5. The molecule has 106 valence electrons. The van der Waals surface area contributed by atoms with E-state index in [2.05, 4.69) is 20.6 Å². The van der Waals surface area contributed by atoms with Crippen LogP contribution in [-0.2, 0) is 11.2 Å². The summed E-state index contributed by atoms with van der Waals surface area (Å²) in [4.78, 5) is 29.4. The van der Waals surface area contributed by atoms with Crippen LogP contribution in [0.4, 0.5) is 4.79 Å². The van der Waals surface area contributed by atoms with Crippen molar-refractivity contribution in [1.29, 1.82) is 0 Å².